The molecular weight excluding hydrogens is 400 g/mol. The fourth-order valence-corrected chi connectivity index (χ4v) is 4.97. The summed E-state index contributed by atoms with van der Waals surface area (Å²) in [6, 6.07) is 21.3. The Morgan fingerprint density at radius 1 is 0.969 bits per heavy atom. The van der Waals surface area contributed by atoms with Gasteiger partial charge in [-0.1, -0.05) is 62.4 Å². The zero-order chi connectivity index (χ0) is 22.5. The molecule has 0 bridgehead atoms. The molecule has 2 atom stereocenters. The van der Waals surface area contributed by atoms with Crippen LogP contribution in [0.4, 0.5) is 0 Å². The van der Waals surface area contributed by atoms with Crippen LogP contribution in [0.25, 0.3) is 10.8 Å². The van der Waals surface area contributed by atoms with Crippen LogP contribution < -0.4 is 4.74 Å². The summed E-state index contributed by atoms with van der Waals surface area (Å²) in [6.45, 7) is 4.14. The lowest BCUT2D eigenvalue weighted by Crippen LogP contribution is -2.29. The summed E-state index contributed by atoms with van der Waals surface area (Å²) < 4.78 is 11.6. The van der Waals surface area contributed by atoms with E-state index in [2.05, 4.69) is 13.8 Å². The molecule has 4 heteroatoms. The van der Waals surface area contributed by atoms with Crippen molar-refractivity contribution in [2.24, 2.45) is 5.41 Å². The van der Waals surface area contributed by atoms with E-state index in [1.54, 1.807) is 7.11 Å². The molecule has 0 radical (unpaired) electrons. The number of benzene rings is 3. The van der Waals surface area contributed by atoms with Crippen molar-refractivity contribution in [1.82, 2.24) is 0 Å². The molecule has 0 saturated carbocycles. The molecule has 4 nitrogen and oxygen atoms in total. The largest absolute Gasteiger partial charge is 0.497 e. The van der Waals surface area contributed by atoms with E-state index in [1.165, 1.54) is 0 Å². The summed E-state index contributed by atoms with van der Waals surface area (Å²) in [6.07, 6.45) is 0.355. The van der Waals surface area contributed by atoms with Gasteiger partial charge < -0.3 is 9.47 Å². The number of ketones is 2. The van der Waals surface area contributed by atoms with E-state index in [9.17, 15) is 9.59 Å². The molecule has 32 heavy (non-hydrogen) atoms. The third kappa shape index (κ3) is 3.50. The normalized spacial score (nSPS) is 21.9. The number of ether oxygens (including phenoxy) is 2. The van der Waals surface area contributed by atoms with Crippen LogP contribution >= 0.6 is 0 Å². The summed E-state index contributed by atoms with van der Waals surface area (Å²) in [5.41, 5.74) is 1.97. The van der Waals surface area contributed by atoms with Crippen LogP contribution in [0.5, 0.6) is 5.75 Å². The number of hydrogen-bond donors (Lipinski definition) is 0. The van der Waals surface area contributed by atoms with Crippen LogP contribution in [-0.2, 0) is 9.53 Å². The Labute approximate surface area is 187 Å². The van der Waals surface area contributed by atoms with Gasteiger partial charge in [0.05, 0.1) is 13.0 Å². The van der Waals surface area contributed by atoms with E-state index in [0.29, 0.717) is 29.7 Å². The number of carbonyl (C=O) groups excluding carboxylic acids is 2. The van der Waals surface area contributed by atoms with Gasteiger partial charge >= 0.3 is 0 Å². The molecule has 2 aliphatic rings. The standard InChI is InChI=1S/C28H26O4/c1-28(2)15-22(29)25-23(16-28)32-27(24(25)18-10-12-21(31-3)13-11-18)26(30)20-9-8-17-6-4-5-7-19(17)14-20/h4-14,24,27H,15-16H2,1-3H3/t24-,27-/m0/s1. The van der Waals surface area contributed by atoms with Gasteiger partial charge in [0.1, 0.15) is 11.5 Å². The smallest absolute Gasteiger partial charge is 0.204 e. The number of rotatable bonds is 4. The Hall–Kier alpha value is -3.40. The van der Waals surface area contributed by atoms with Gasteiger partial charge in [0.15, 0.2) is 11.9 Å². The van der Waals surface area contributed by atoms with E-state index in [4.69, 9.17) is 9.47 Å². The highest BCUT2D eigenvalue weighted by atomic mass is 16.5. The maximum atomic E-state index is 13.7. The van der Waals surface area contributed by atoms with Crippen LogP contribution in [0.1, 0.15) is 48.5 Å². The van der Waals surface area contributed by atoms with Crippen molar-refractivity contribution >= 4 is 22.3 Å². The van der Waals surface area contributed by atoms with E-state index in [0.717, 1.165) is 22.1 Å². The first-order chi connectivity index (χ1) is 15.4. The van der Waals surface area contributed by atoms with Gasteiger partial charge in [-0.3, -0.25) is 9.59 Å². The van der Waals surface area contributed by atoms with E-state index in [-0.39, 0.29) is 17.0 Å². The first-order valence-electron chi connectivity index (χ1n) is 11.0. The highest BCUT2D eigenvalue weighted by molar-refractivity contribution is 6.07. The molecule has 5 rings (SSSR count). The number of methoxy groups -OCH3 is 1. The number of Topliss-reactive ketones (excluding diaryl/α,β-unsaturated/α-hetero) is 2. The second-order valence-corrected chi connectivity index (χ2v) is 9.49. The molecule has 1 heterocycles. The molecule has 162 valence electrons. The first kappa shape index (κ1) is 20.5. The summed E-state index contributed by atoms with van der Waals surface area (Å²) in [5, 5.41) is 2.09. The van der Waals surface area contributed by atoms with E-state index >= 15 is 0 Å². The van der Waals surface area contributed by atoms with Gasteiger partial charge in [-0.15, -0.1) is 0 Å². The topological polar surface area (TPSA) is 52.6 Å². The fourth-order valence-electron chi connectivity index (χ4n) is 4.97. The Kier molecular flexibility index (Phi) is 4.89. The molecule has 3 aromatic rings. The highest BCUT2D eigenvalue weighted by Crippen LogP contribution is 2.49. The molecule has 3 aromatic carbocycles. The number of allylic oxidation sites excluding steroid dienone is 1. The van der Waals surface area contributed by atoms with Gasteiger partial charge in [-0.25, -0.2) is 0 Å². The van der Waals surface area contributed by atoms with Crippen LogP contribution in [0.15, 0.2) is 78.1 Å². The minimum absolute atomic E-state index is 0.0749. The van der Waals surface area contributed by atoms with Crippen molar-refractivity contribution in [2.75, 3.05) is 7.11 Å². The lowest BCUT2D eigenvalue weighted by Gasteiger charge is -2.29. The fraction of sp³-hybridized carbons (Fsp3) is 0.286. The molecule has 0 amide bonds. The van der Waals surface area contributed by atoms with Crippen molar-refractivity contribution in [2.45, 2.75) is 38.7 Å². The van der Waals surface area contributed by atoms with Gasteiger partial charge in [0.2, 0.25) is 5.78 Å². The van der Waals surface area contributed by atoms with Crippen molar-refractivity contribution in [3.8, 4) is 5.75 Å². The lowest BCUT2D eigenvalue weighted by molar-refractivity contribution is -0.118. The third-order valence-electron chi connectivity index (χ3n) is 6.53. The average molecular weight is 427 g/mol. The molecule has 0 fully saturated rings. The zero-order valence-electron chi connectivity index (χ0n) is 18.6. The molecular formula is C28H26O4. The Bertz CT molecular complexity index is 1250. The van der Waals surface area contributed by atoms with Crippen LogP contribution in [0.3, 0.4) is 0 Å². The molecule has 1 aliphatic heterocycles. The van der Waals surface area contributed by atoms with Gasteiger partial charge in [0.25, 0.3) is 0 Å². The minimum Gasteiger partial charge on any atom is -0.497 e. The van der Waals surface area contributed by atoms with E-state index < -0.39 is 12.0 Å². The van der Waals surface area contributed by atoms with Crippen molar-refractivity contribution in [1.29, 1.82) is 0 Å². The second kappa shape index (κ2) is 7.63. The molecule has 0 aromatic heterocycles. The number of fused-ring (bicyclic) bond motifs is 1. The maximum absolute atomic E-state index is 13.7. The SMILES string of the molecule is COc1ccc([C@H]2C3=C(CC(C)(C)CC3=O)O[C@@H]2C(=O)c2ccc3ccccc3c2)cc1. The number of carbonyl (C=O) groups is 2. The summed E-state index contributed by atoms with van der Waals surface area (Å²) in [7, 11) is 1.62. The van der Waals surface area contributed by atoms with Gasteiger partial charge in [-0.2, -0.15) is 0 Å². The van der Waals surface area contributed by atoms with E-state index in [1.807, 2.05) is 66.7 Å². The third-order valence-corrected chi connectivity index (χ3v) is 6.53. The predicted octanol–water partition coefficient (Wildman–Crippen LogP) is 5.86. The maximum Gasteiger partial charge on any atom is 0.204 e. The van der Waals surface area contributed by atoms with Crippen molar-refractivity contribution < 1.29 is 19.1 Å². The van der Waals surface area contributed by atoms with Crippen LogP contribution in [-0.4, -0.2) is 24.8 Å². The summed E-state index contributed by atoms with van der Waals surface area (Å²) >= 11 is 0. The quantitative estimate of drug-likeness (QED) is 0.491. The monoisotopic (exact) mass is 426 g/mol. The molecule has 0 spiro atoms. The van der Waals surface area contributed by atoms with Crippen molar-refractivity contribution in [3.63, 3.8) is 0 Å². The predicted molar refractivity (Wildman–Crippen MR) is 124 cm³/mol. The minimum atomic E-state index is -0.757. The van der Waals surface area contributed by atoms with Crippen LogP contribution in [0, 0.1) is 5.41 Å². The Balaban J connectivity index is 1.58. The van der Waals surface area contributed by atoms with Gasteiger partial charge in [0, 0.05) is 24.0 Å². The molecule has 0 saturated heterocycles. The zero-order valence-corrected chi connectivity index (χ0v) is 18.6. The first-order valence-corrected chi connectivity index (χ1v) is 11.0. The number of hydrogen-bond acceptors (Lipinski definition) is 4. The molecule has 1 aliphatic carbocycles. The van der Waals surface area contributed by atoms with Crippen molar-refractivity contribution in [3.05, 3.63) is 89.2 Å². The average Bonchev–Trinajstić information content (AvgIpc) is 3.16. The summed E-state index contributed by atoms with van der Waals surface area (Å²) in [4.78, 5) is 26.9. The molecule has 0 N–H and O–H groups in total. The van der Waals surface area contributed by atoms with Gasteiger partial charge in [-0.05, 0) is 39.9 Å². The Morgan fingerprint density at radius 2 is 1.69 bits per heavy atom. The highest BCUT2D eigenvalue weighted by Gasteiger charge is 2.49. The molecule has 0 unspecified atom stereocenters. The lowest BCUT2D eigenvalue weighted by atomic mass is 9.72. The van der Waals surface area contributed by atoms with Crippen LogP contribution in [0.2, 0.25) is 0 Å². The summed E-state index contributed by atoms with van der Waals surface area (Å²) in [5.74, 6) is 0.961. The Morgan fingerprint density at radius 3 is 2.41 bits per heavy atom. The second-order valence-electron chi connectivity index (χ2n) is 9.49.